The van der Waals surface area contributed by atoms with Crippen LogP contribution in [0.15, 0.2) is 30.3 Å². The average molecular weight is 191 g/mol. The number of hydrogen-bond donors (Lipinski definition) is 1. The average Bonchev–Trinajstić information content (AvgIpc) is 2.21. The van der Waals surface area contributed by atoms with Gasteiger partial charge in [0.2, 0.25) is 0 Å². The third-order valence-corrected chi connectivity index (χ3v) is 2.97. The summed E-state index contributed by atoms with van der Waals surface area (Å²) in [6.07, 6.45) is 3.38. The van der Waals surface area contributed by atoms with Crippen molar-refractivity contribution in [3.63, 3.8) is 0 Å². The third kappa shape index (κ3) is 3.15. The molecule has 1 aromatic carbocycles. The van der Waals surface area contributed by atoms with E-state index < -0.39 is 0 Å². The lowest BCUT2D eigenvalue weighted by Gasteiger charge is -2.21. The van der Waals surface area contributed by atoms with Crippen molar-refractivity contribution in [2.24, 2.45) is 11.7 Å². The predicted molar refractivity (Wildman–Crippen MR) is 62.2 cm³/mol. The van der Waals surface area contributed by atoms with Crippen LogP contribution >= 0.6 is 0 Å². The molecular formula is C13H21N. The fraction of sp³-hybridized carbons (Fsp3) is 0.538. The molecule has 0 spiro atoms. The van der Waals surface area contributed by atoms with E-state index in [-0.39, 0.29) is 0 Å². The van der Waals surface area contributed by atoms with Crippen LogP contribution in [0.3, 0.4) is 0 Å². The Kier molecular flexibility index (Phi) is 4.68. The Morgan fingerprint density at radius 2 is 1.64 bits per heavy atom. The van der Waals surface area contributed by atoms with Crippen LogP contribution in [0.5, 0.6) is 0 Å². The Hall–Kier alpha value is -0.820. The van der Waals surface area contributed by atoms with E-state index in [0.29, 0.717) is 12.0 Å². The number of hydrogen-bond acceptors (Lipinski definition) is 1. The monoisotopic (exact) mass is 191 g/mol. The summed E-state index contributed by atoms with van der Waals surface area (Å²) in [6.45, 7) is 4.44. The van der Waals surface area contributed by atoms with Gasteiger partial charge in [-0.1, -0.05) is 57.0 Å². The quantitative estimate of drug-likeness (QED) is 0.760. The summed E-state index contributed by atoms with van der Waals surface area (Å²) in [7, 11) is 0. The first kappa shape index (κ1) is 11.3. The van der Waals surface area contributed by atoms with Crippen molar-refractivity contribution >= 4 is 0 Å². The molecule has 1 rings (SSSR count). The van der Waals surface area contributed by atoms with Crippen LogP contribution in [0.2, 0.25) is 0 Å². The lowest BCUT2D eigenvalue weighted by molar-refractivity contribution is 0.393. The largest absolute Gasteiger partial charge is 0.327 e. The van der Waals surface area contributed by atoms with Crippen LogP contribution < -0.4 is 5.73 Å². The second-order valence-corrected chi connectivity index (χ2v) is 3.93. The lowest BCUT2D eigenvalue weighted by atomic mass is 9.90. The fourth-order valence-electron chi connectivity index (χ4n) is 1.95. The maximum Gasteiger partial charge on any atom is 0.0108 e. The van der Waals surface area contributed by atoms with Crippen molar-refractivity contribution in [1.82, 2.24) is 0 Å². The van der Waals surface area contributed by atoms with Crippen molar-refractivity contribution in [3.05, 3.63) is 35.9 Å². The van der Waals surface area contributed by atoms with Crippen LogP contribution in [0.4, 0.5) is 0 Å². The molecule has 1 nitrogen and oxygen atoms in total. The molecule has 78 valence electrons. The van der Waals surface area contributed by atoms with Crippen molar-refractivity contribution in [2.75, 3.05) is 0 Å². The molecule has 0 fully saturated rings. The van der Waals surface area contributed by atoms with Crippen LogP contribution in [0.1, 0.15) is 32.3 Å². The zero-order valence-electron chi connectivity index (χ0n) is 9.24. The molecule has 1 heteroatoms. The molecule has 1 atom stereocenters. The summed E-state index contributed by atoms with van der Waals surface area (Å²) < 4.78 is 0. The molecule has 0 bridgehead atoms. The first-order valence-corrected chi connectivity index (χ1v) is 5.57. The maximum absolute atomic E-state index is 6.17. The van der Waals surface area contributed by atoms with Gasteiger partial charge in [0.05, 0.1) is 0 Å². The van der Waals surface area contributed by atoms with Gasteiger partial charge in [0.1, 0.15) is 0 Å². The first-order valence-electron chi connectivity index (χ1n) is 5.57. The first-order chi connectivity index (χ1) is 6.77. The van der Waals surface area contributed by atoms with Gasteiger partial charge in [-0.2, -0.15) is 0 Å². The smallest absolute Gasteiger partial charge is 0.0108 e. The molecule has 1 unspecified atom stereocenters. The fourth-order valence-corrected chi connectivity index (χ4v) is 1.95. The van der Waals surface area contributed by atoms with E-state index in [1.165, 1.54) is 18.4 Å². The molecule has 14 heavy (non-hydrogen) atoms. The van der Waals surface area contributed by atoms with Gasteiger partial charge < -0.3 is 5.73 Å². The van der Waals surface area contributed by atoms with Crippen LogP contribution in [-0.2, 0) is 6.42 Å². The van der Waals surface area contributed by atoms with Gasteiger partial charge in [0.25, 0.3) is 0 Å². The molecule has 2 N–H and O–H groups in total. The Morgan fingerprint density at radius 1 is 1.07 bits per heavy atom. The number of rotatable bonds is 5. The summed E-state index contributed by atoms with van der Waals surface area (Å²) in [4.78, 5) is 0. The van der Waals surface area contributed by atoms with E-state index in [1.54, 1.807) is 0 Å². The second-order valence-electron chi connectivity index (χ2n) is 3.93. The zero-order valence-corrected chi connectivity index (χ0v) is 9.24. The predicted octanol–water partition coefficient (Wildman–Crippen LogP) is 2.99. The molecule has 0 aliphatic carbocycles. The summed E-state index contributed by atoms with van der Waals surface area (Å²) in [6, 6.07) is 10.8. The Balaban J connectivity index is 2.52. The highest BCUT2D eigenvalue weighted by Gasteiger charge is 2.13. The topological polar surface area (TPSA) is 26.0 Å². The van der Waals surface area contributed by atoms with Gasteiger partial charge in [0, 0.05) is 6.04 Å². The summed E-state index contributed by atoms with van der Waals surface area (Å²) in [5.74, 6) is 0.662. The minimum atomic E-state index is 0.312. The highest BCUT2D eigenvalue weighted by Crippen LogP contribution is 2.15. The van der Waals surface area contributed by atoms with Crippen molar-refractivity contribution < 1.29 is 0 Å². The maximum atomic E-state index is 6.17. The summed E-state index contributed by atoms with van der Waals surface area (Å²) in [5.41, 5.74) is 7.52. The molecule has 0 aliphatic heterocycles. The van der Waals surface area contributed by atoms with Gasteiger partial charge in [0.15, 0.2) is 0 Å². The molecule has 0 saturated heterocycles. The SMILES string of the molecule is CCC(CC)C(N)Cc1ccccc1. The molecule has 0 saturated carbocycles. The van der Waals surface area contributed by atoms with Crippen molar-refractivity contribution in [1.29, 1.82) is 0 Å². The molecule has 0 aromatic heterocycles. The molecule has 0 amide bonds. The van der Waals surface area contributed by atoms with E-state index in [4.69, 9.17) is 5.73 Å². The minimum absolute atomic E-state index is 0.312. The Morgan fingerprint density at radius 3 is 2.14 bits per heavy atom. The molecule has 0 heterocycles. The lowest BCUT2D eigenvalue weighted by Crippen LogP contribution is -2.31. The van der Waals surface area contributed by atoms with Gasteiger partial charge in [-0.25, -0.2) is 0 Å². The van der Waals surface area contributed by atoms with Crippen LogP contribution in [0, 0.1) is 5.92 Å². The number of nitrogens with two attached hydrogens (primary N) is 1. The third-order valence-electron chi connectivity index (χ3n) is 2.97. The van der Waals surface area contributed by atoms with Gasteiger partial charge >= 0.3 is 0 Å². The van der Waals surface area contributed by atoms with E-state index >= 15 is 0 Å². The van der Waals surface area contributed by atoms with Gasteiger partial charge in [-0.3, -0.25) is 0 Å². The molecule has 0 aliphatic rings. The molecule has 1 aromatic rings. The van der Waals surface area contributed by atoms with Gasteiger partial charge in [-0.05, 0) is 17.9 Å². The standard InChI is InChI=1S/C13H21N/c1-3-12(4-2)13(14)10-11-8-6-5-7-9-11/h5-9,12-13H,3-4,10,14H2,1-2H3. The summed E-state index contributed by atoms with van der Waals surface area (Å²) >= 11 is 0. The normalized spacial score (nSPS) is 13.1. The van der Waals surface area contributed by atoms with E-state index in [1.807, 2.05) is 6.07 Å². The highest BCUT2D eigenvalue weighted by molar-refractivity contribution is 5.15. The zero-order chi connectivity index (χ0) is 10.4. The highest BCUT2D eigenvalue weighted by atomic mass is 14.6. The van der Waals surface area contributed by atoms with E-state index in [2.05, 4.69) is 38.1 Å². The van der Waals surface area contributed by atoms with Crippen LogP contribution in [-0.4, -0.2) is 6.04 Å². The number of benzene rings is 1. The molecular weight excluding hydrogens is 170 g/mol. The van der Waals surface area contributed by atoms with Crippen molar-refractivity contribution in [2.45, 2.75) is 39.2 Å². The van der Waals surface area contributed by atoms with Crippen LogP contribution in [0.25, 0.3) is 0 Å². The van der Waals surface area contributed by atoms with Crippen molar-refractivity contribution in [3.8, 4) is 0 Å². The molecule has 0 radical (unpaired) electrons. The Bertz CT molecular complexity index is 239. The van der Waals surface area contributed by atoms with E-state index in [0.717, 1.165) is 6.42 Å². The van der Waals surface area contributed by atoms with Gasteiger partial charge in [-0.15, -0.1) is 0 Å². The Labute approximate surface area is 87.3 Å². The summed E-state index contributed by atoms with van der Waals surface area (Å²) in [5, 5.41) is 0. The second kappa shape index (κ2) is 5.82. The van der Waals surface area contributed by atoms with E-state index in [9.17, 15) is 0 Å². The minimum Gasteiger partial charge on any atom is -0.327 e.